The Kier molecular flexibility index (Phi) is 4.24. The molecule has 3 rings (SSSR count). The maximum absolute atomic E-state index is 12.3. The third-order valence-corrected chi connectivity index (χ3v) is 3.85. The van der Waals surface area contributed by atoms with E-state index in [1.165, 1.54) is 0 Å². The summed E-state index contributed by atoms with van der Waals surface area (Å²) in [5, 5.41) is 2.87. The van der Waals surface area contributed by atoms with Crippen LogP contribution in [0.1, 0.15) is 23.2 Å². The SMILES string of the molecule is CN1CC(NC(=O)c2ccnc(OC3CCOC3)c2)CC1=O. The minimum atomic E-state index is -0.219. The van der Waals surface area contributed by atoms with Gasteiger partial charge in [-0.2, -0.15) is 0 Å². The molecule has 0 spiro atoms. The number of pyridine rings is 1. The van der Waals surface area contributed by atoms with Crippen molar-refractivity contribution < 1.29 is 19.1 Å². The van der Waals surface area contributed by atoms with Crippen LogP contribution in [0.5, 0.6) is 5.88 Å². The Bertz CT molecular complexity index is 572. The lowest BCUT2D eigenvalue weighted by atomic mass is 10.2. The number of amides is 2. The van der Waals surface area contributed by atoms with Crippen molar-refractivity contribution in [3.05, 3.63) is 23.9 Å². The van der Waals surface area contributed by atoms with Crippen molar-refractivity contribution >= 4 is 11.8 Å². The quantitative estimate of drug-likeness (QED) is 0.860. The van der Waals surface area contributed by atoms with Crippen molar-refractivity contribution in [3.63, 3.8) is 0 Å². The fourth-order valence-corrected chi connectivity index (χ4v) is 2.62. The monoisotopic (exact) mass is 305 g/mol. The summed E-state index contributed by atoms with van der Waals surface area (Å²) < 4.78 is 10.9. The highest BCUT2D eigenvalue weighted by Gasteiger charge is 2.28. The highest BCUT2D eigenvalue weighted by atomic mass is 16.5. The largest absolute Gasteiger partial charge is 0.472 e. The number of carbonyl (C=O) groups is 2. The number of nitrogens with one attached hydrogen (secondary N) is 1. The molecule has 2 atom stereocenters. The molecule has 22 heavy (non-hydrogen) atoms. The molecule has 2 saturated heterocycles. The first-order chi connectivity index (χ1) is 10.6. The van der Waals surface area contributed by atoms with Crippen molar-refractivity contribution in [1.82, 2.24) is 15.2 Å². The molecular weight excluding hydrogens is 286 g/mol. The Morgan fingerprint density at radius 2 is 2.41 bits per heavy atom. The van der Waals surface area contributed by atoms with Crippen LogP contribution in [0.2, 0.25) is 0 Å². The molecule has 2 unspecified atom stereocenters. The Morgan fingerprint density at radius 1 is 1.55 bits per heavy atom. The number of hydrogen-bond donors (Lipinski definition) is 1. The molecule has 118 valence electrons. The normalized spacial score (nSPS) is 24.6. The van der Waals surface area contributed by atoms with Gasteiger partial charge < -0.3 is 19.7 Å². The van der Waals surface area contributed by atoms with Crippen LogP contribution in [0.15, 0.2) is 18.3 Å². The summed E-state index contributed by atoms with van der Waals surface area (Å²) in [7, 11) is 1.73. The number of aromatic nitrogens is 1. The van der Waals surface area contributed by atoms with Gasteiger partial charge >= 0.3 is 0 Å². The van der Waals surface area contributed by atoms with E-state index < -0.39 is 0 Å². The van der Waals surface area contributed by atoms with Crippen molar-refractivity contribution in [3.8, 4) is 5.88 Å². The van der Waals surface area contributed by atoms with Crippen LogP contribution in [-0.2, 0) is 9.53 Å². The van der Waals surface area contributed by atoms with Gasteiger partial charge in [0.05, 0.1) is 19.3 Å². The second-order valence-corrected chi connectivity index (χ2v) is 5.63. The molecule has 0 radical (unpaired) electrons. The zero-order chi connectivity index (χ0) is 15.5. The summed E-state index contributed by atoms with van der Waals surface area (Å²) in [4.78, 5) is 29.5. The van der Waals surface area contributed by atoms with E-state index in [-0.39, 0.29) is 24.0 Å². The molecule has 2 amide bonds. The number of ether oxygens (including phenoxy) is 2. The van der Waals surface area contributed by atoms with E-state index in [0.717, 1.165) is 6.42 Å². The molecule has 2 aliphatic heterocycles. The van der Waals surface area contributed by atoms with E-state index >= 15 is 0 Å². The van der Waals surface area contributed by atoms with Crippen molar-refractivity contribution in [2.24, 2.45) is 0 Å². The summed E-state index contributed by atoms with van der Waals surface area (Å²) in [5.74, 6) is 0.246. The highest BCUT2D eigenvalue weighted by Crippen LogP contribution is 2.16. The molecule has 1 N–H and O–H groups in total. The zero-order valence-electron chi connectivity index (χ0n) is 12.4. The van der Waals surface area contributed by atoms with Gasteiger partial charge in [0, 0.05) is 44.3 Å². The van der Waals surface area contributed by atoms with Crippen molar-refractivity contribution in [2.45, 2.75) is 25.0 Å². The van der Waals surface area contributed by atoms with Crippen LogP contribution in [0.3, 0.4) is 0 Å². The van der Waals surface area contributed by atoms with Gasteiger partial charge in [-0.1, -0.05) is 0 Å². The molecule has 3 heterocycles. The summed E-state index contributed by atoms with van der Waals surface area (Å²) >= 11 is 0. The number of hydrogen-bond acceptors (Lipinski definition) is 5. The van der Waals surface area contributed by atoms with Crippen LogP contribution in [-0.4, -0.2) is 60.7 Å². The van der Waals surface area contributed by atoms with Crippen LogP contribution in [0.25, 0.3) is 0 Å². The first kappa shape index (κ1) is 14.8. The van der Waals surface area contributed by atoms with Crippen LogP contribution < -0.4 is 10.1 Å². The zero-order valence-corrected chi connectivity index (χ0v) is 12.4. The average molecular weight is 305 g/mol. The maximum atomic E-state index is 12.3. The van der Waals surface area contributed by atoms with Gasteiger partial charge in [0.15, 0.2) is 0 Å². The summed E-state index contributed by atoms with van der Waals surface area (Å²) in [6.45, 7) is 1.78. The third-order valence-electron chi connectivity index (χ3n) is 3.85. The maximum Gasteiger partial charge on any atom is 0.251 e. The van der Waals surface area contributed by atoms with Gasteiger partial charge in [-0.15, -0.1) is 0 Å². The Labute approximate surface area is 128 Å². The first-order valence-electron chi connectivity index (χ1n) is 7.37. The smallest absolute Gasteiger partial charge is 0.251 e. The Morgan fingerprint density at radius 3 is 3.09 bits per heavy atom. The van der Waals surface area contributed by atoms with E-state index in [9.17, 15) is 9.59 Å². The minimum absolute atomic E-state index is 0.00749. The molecular formula is C15H19N3O4. The topological polar surface area (TPSA) is 80.8 Å². The van der Waals surface area contributed by atoms with E-state index in [4.69, 9.17) is 9.47 Å². The molecule has 0 bridgehead atoms. The predicted molar refractivity (Wildman–Crippen MR) is 77.6 cm³/mol. The van der Waals surface area contributed by atoms with Crippen LogP contribution >= 0.6 is 0 Å². The molecule has 1 aromatic rings. The Balaban J connectivity index is 1.61. The van der Waals surface area contributed by atoms with Gasteiger partial charge in [-0.05, 0) is 6.07 Å². The predicted octanol–water partition coefficient (Wildman–Crippen LogP) is 0.210. The lowest BCUT2D eigenvalue weighted by molar-refractivity contribution is -0.126. The van der Waals surface area contributed by atoms with E-state index in [0.29, 0.717) is 37.6 Å². The van der Waals surface area contributed by atoms with Gasteiger partial charge in [0.2, 0.25) is 11.8 Å². The van der Waals surface area contributed by atoms with Crippen molar-refractivity contribution in [1.29, 1.82) is 0 Å². The fourth-order valence-electron chi connectivity index (χ4n) is 2.62. The van der Waals surface area contributed by atoms with Crippen LogP contribution in [0, 0.1) is 0 Å². The first-order valence-corrected chi connectivity index (χ1v) is 7.37. The van der Waals surface area contributed by atoms with E-state index in [1.54, 1.807) is 30.3 Å². The number of likely N-dealkylation sites (N-methyl/N-ethyl adjacent to an activating group) is 1. The van der Waals surface area contributed by atoms with Gasteiger partial charge in [-0.3, -0.25) is 9.59 Å². The number of nitrogens with zero attached hydrogens (tertiary/aromatic N) is 2. The van der Waals surface area contributed by atoms with E-state index in [1.807, 2.05) is 0 Å². The van der Waals surface area contributed by atoms with Gasteiger partial charge in [-0.25, -0.2) is 4.98 Å². The molecule has 2 fully saturated rings. The van der Waals surface area contributed by atoms with Crippen LogP contribution in [0.4, 0.5) is 0 Å². The van der Waals surface area contributed by atoms with Gasteiger partial charge in [0.1, 0.15) is 6.10 Å². The molecule has 0 aliphatic carbocycles. The minimum Gasteiger partial charge on any atom is -0.472 e. The average Bonchev–Trinajstić information content (AvgIpc) is 3.10. The molecule has 7 heteroatoms. The third kappa shape index (κ3) is 3.36. The summed E-state index contributed by atoms with van der Waals surface area (Å²) in [6.07, 6.45) is 2.71. The number of rotatable bonds is 4. The fraction of sp³-hybridized carbons (Fsp3) is 0.533. The molecule has 0 saturated carbocycles. The number of likely N-dealkylation sites (tertiary alicyclic amines) is 1. The standard InChI is InChI=1S/C15H19N3O4/c1-18-8-11(7-14(18)19)17-15(20)10-2-4-16-13(6-10)22-12-3-5-21-9-12/h2,4,6,11-12H,3,5,7-9H2,1H3,(H,17,20). The van der Waals surface area contributed by atoms with E-state index in [2.05, 4.69) is 10.3 Å². The lowest BCUT2D eigenvalue weighted by Gasteiger charge is -2.14. The molecule has 1 aromatic heterocycles. The van der Waals surface area contributed by atoms with Crippen molar-refractivity contribution in [2.75, 3.05) is 26.8 Å². The molecule has 7 nitrogen and oxygen atoms in total. The lowest BCUT2D eigenvalue weighted by Crippen LogP contribution is -2.36. The second kappa shape index (κ2) is 6.31. The van der Waals surface area contributed by atoms with Gasteiger partial charge in [0.25, 0.3) is 5.91 Å². The second-order valence-electron chi connectivity index (χ2n) is 5.63. The number of carbonyl (C=O) groups excluding carboxylic acids is 2. The molecule has 2 aliphatic rings. The Hall–Kier alpha value is -2.15. The summed E-state index contributed by atoms with van der Waals surface area (Å²) in [5.41, 5.74) is 0.478. The highest BCUT2D eigenvalue weighted by molar-refractivity contribution is 5.95. The summed E-state index contributed by atoms with van der Waals surface area (Å²) in [6, 6.07) is 3.10. The molecule has 0 aromatic carbocycles.